The topological polar surface area (TPSA) is 88.0 Å². The fourth-order valence-corrected chi connectivity index (χ4v) is 2.24. The summed E-state index contributed by atoms with van der Waals surface area (Å²) >= 11 is 5.96. The number of aromatic nitrogens is 3. The normalized spacial score (nSPS) is 10.3. The highest BCUT2D eigenvalue weighted by atomic mass is 35.5. The molecule has 6 nitrogen and oxygen atoms in total. The summed E-state index contributed by atoms with van der Waals surface area (Å²) in [4.78, 5) is 23.6. The predicted octanol–water partition coefficient (Wildman–Crippen LogP) is 3.63. The number of nitrogens with one attached hydrogen (secondary N) is 1. The standard InChI is InChI=1S/C16H11ClN4O2/c17-13-8-11(3-4-12(13)16(22)23)20-14-5-7-19-15(21-14)10-2-1-6-18-9-10/h1-9H,(H,22,23)(H,19,20,21). The largest absolute Gasteiger partial charge is 0.478 e. The number of carboxylic acids is 1. The molecule has 7 heteroatoms. The quantitative estimate of drug-likeness (QED) is 0.761. The Morgan fingerprint density at radius 3 is 2.74 bits per heavy atom. The van der Waals surface area contributed by atoms with Crippen LogP contribution in [0.5, 0.6) is 0 Å². The number of rotatable bonds is 4. The van der Waals surface area contributed by atoms with Crippen LogP contribution in [0.25, 0.3) is 11.4 Å². The molecule has 0 bridgehead atoms. The molecule has 3 aromatic rings. The first-order valence-electron chi connectivity index (χ1n) is 6.67. The van der Waals surface area contributed by atoms with Gasteiger partial charge in [-0.25, -0.2) is 14.8 Å². The van der Waals surface area contributed by atoms with E-state index in [9.17, 15) is 4.79 Å². The zero-order valence-corrected chi connectivity index (χ0v) is 12.5. The molecule has 0 spiro atoms. The minimum atomic E-state index is -1.07. The number of carboxylic acid groups (broad SMARTS) is 1. The van der Waals surface area contributed by atoms with Crippen LogP contribution in [-0.4, -0.2) is 26.0 Å². The zero-order chi connectivity index (χ0) is 16.2. The van der Waals surface area contributed by atoms with Crippen molar-refractivity contribution in [3.05, 3.63) is 65.6 Å². The lowest BCUT2D eigenvalue weighted by Crippen LogP contribution is -2.00. The molecule has 2 N–H and O–H groups in total. The van der Waals surface area contributed by atoms with Crippen LogP contribution in [0.3, 0.4) is 0 Å². The number of halogens is 1. The highest BCUT2D eigenvalue weighted by Gasteiger charge is 2.09. The van der Waals surface area contributed by atoms with Crippen molar-refractivity contribution in [1.82, 2.24) is 15.0 Å². The first-order valence-corrected chi connectivity index (χ1v) is 7.04. The van der Waals surface area contributed by atoms with Gasteiger partial charge >= 0.3 is 5.97 Å². The second-order valence-corrected chi connectivity index (χ2v) is 5.04. The summed E-state index contributed by atoms with van der Waals surface area (Å²) in [5.74, 6) is 0.0387. The summed E-state index contributed by atoms with van der Waals surface area (Å²) in [6.45, 7) is 0. The summed E-state index contributed by atoms with van der Waals surface area (Å²) in [7, 11) is 0. The molecule has 0 atom stereocenters. The Hall–Kier alpha value is -2.99. The smallest absolute Gasteiger partial charge is 0.337 e. The number of aromatic carboxylic acids is 1. The zero-order valence-electron chi connectivity index (χ0n) is 11.8. The van der Waals surface area contributed by atoms with Gasteiger partial charge in [0.2, 0.25) is 0 Å². The molecule has 0 saturated heterocycles. The lowest BCUT2D eigenvalue weighted by Gasteiger charge is -2.08. The summed E-state index contributed by atoms with van der Waals surface area (Å²) in [5.41, 5.74) is 1.49. The van der Waals surface area contributed by atoms with Crippen LogP contribution in [0, 0.1) is 0 Å². The van der Waals surface area contributed by atoms with Gasteiger partial charge in [-0.05, 0) is 36.4 Å². The van der Waals surface area contributed by atoms with Crippen LogP contribution >= 0.6 is 11.6 Å². The lowest BCUT2D eigenvalue weighted by atomic mass is 10.2. The average Bonchev–Trinajstić information content (AvgIpc) is 2.56. The number of hydrogen-bond acceptors (Lipinski definition) is 5. The molecule has 2 heterocycles. The van der Waals surface area contributed by atoms with Gasteiger partial charge in [0.25, 0.3) is 0 Å². The van der Waals surface area contributed by atoms with E-state index in [1.807, 2.05) is 12.1 Å². The van der Waals surface area contributed by atoms with Crippen molar-refractivity contribution in [2.75, 3.05) is 5.32 Å². The molecule has 0 aliphatic rings. The van der Waals surface area contributed by atoms with E-state index in [1.54, 1.807) is 30.7 Å². The molecule has 0 fully saturated rings. The molecule has 0 aliphatic carbocycles. The van der Waals surface area contributed by atoms with Gasteiger partial charge in [0, 0.05) is 29.8 Å². The molecule has 0 aliphatic heterocycles. The van der Waals surface area contributed by atoms with Crippen molar-refractivity contribution in [3.63, 3.8) is 0 Å². The number of pyridine rings is 1. The molecule has 0 radical (unpaired) electrons. The minimum absolute atomic E-state index is 0.0518. The van der Waals surface area contributed by atoms with Gasteiger partial charge in [-0.1, -0.05) is 11.6 Å². The molecular formula is C16H11ClN4O2. The van der Waals surface area contributed by atoms with E-state index in [0.717, 1.165) is 5.56 Å². The summed E-state index contributed by atoms with van der Waals surface area (Å²) in [5, 5.41) is 12.2. The first kappa shape index (κ1) is 14.9. The van der Waals surface area contributed by atoms with Crippen LogP contribution in [0.2, 0.25) is 5.02 Å². The third-order valence-electron chi connectivity index (χ3n) is 3.05. The third kappa shape index (κ3) is 3.44. The number of anilines is 2. The van der Waals surface area contributed by atoms with E-state index in [4.69, 9.17) is 16.7 Å². The molecule has 0 amide bonds. The predicted molar refractivity (Wildman–Crippen MR) is 87.0 cm³/mol. The van der Waals surface area contributed by atoms with Crippen LogP contribution in [-0.2, 0) is 0 Å². The molecule has 3 rings (SSSR count). The maximum Gasteiger partial charge on any atom is 0.337 e. The van der Waals surface area contributed by atoms with Crippen molar-refractivity contribution in [2.45, 2.75) is 0 Å². The van der Waals surface area contributed by atoms with Crippen LogP contribution in [0.15, 0.2) is 55.0 Å². The third-order valence-corrected chi connectivity index (χ3v) is 3.36. The Balaban J connectivity index is 1.86. The van der Waals surface area contributed by atoms with Gasteiger partial charge in [-0.2, -0.15) is 0 Å². The fraction of sp³-hybridized carbons (Fsp3) is 0. The van der Waals surface area contributed by atoms with Crippen LogP contribution in [0.1, 0.15) is 10.4 Å². The summed E-state index contributed by atoms with van der Waals surface area (Å²) in [6.07, 6.45) is 4.99. The molecule has 1 aromatic carbocycles. The van der Waals surface area contributed by atoms with Crippen molar-refractivity contribution in [2.24, 2.45) is 0 Å². The van der Waals surface area contributed by atoms with E-state index in [-0.39, 0.29) is 10.6 Å². The van der Waals surface area contributed by atoms with E-state index >= 15 is 0 Å². The summed E-state index contributed by atoms with van der Waals surface area (Å²) < 4.78 is 0. The Kier molecular flexibility index (Phi) is 4.16. The molecular weight excluding hydrogens is 316 g/mol. The maximum absolute atomic E-state index is 11.0. The highest BCUT2D eigenvalue weighted by Crippen LogP contribution is 2.24. The maximum atomic E-state index is 11.0. The Labute approximate surface area is 136 Å². The van der Waals surface area contributed by atoms with E-state index < -0.39 is 5.97 Å². The van der Waals surface area contributed by atoms with Gasteiger partial charge < -0.3 is 10.4 Å². The molecule has 23 heavy (non-hydrogen) atoms. The van der Waals surface area contributed by atoms with Gasteiger partial charge in [0.1, 0.15) is 5.82 Å². The highest BCUT2D eigenvalue weighted by molar-refractivity contribution is 6.33. The molecule has 0 unspecified atom stereocenters. The Morgan fingerprint density at radius 2 is 2.04 bits per heavy atom. The number of nitrogens with zero attached hydrogens (tertiary/aromatic N) is 3. The monoisotopic (exact) mass is 326 g/mol. The average molecular weight is 327 g/mol. The minimum Gasteiger partial charge on any atom is -0.478 e. The second-order valence-electron chi connectivity index (χ2n) is 4.63. The van der Waals surface area contributed by atoms with E-state index in [2.05, 4.69) is 20.3 Å². The van der Waals surface area contributed by atoms with Crippen LogP contribution < -0.4 is 5.32 Å². The van der Waals surface area contributed by atoms with Crippen molar-refractivity contribution in [3.8, 4) is 11.4 Å². The summed E-state index contributed by atoms with van der Waals surface area (Å²) in [6, 6.07) is 9.99. The van der Waals surface area contributed by atoms with Crippen molar-refractivity contribution >= 4 is 29.1 Å². The lowest BCUT2D eigenvalue weighted by molar-refractivity contribution is 0.0697. The SMILES string of the molecule is O=C(O)c1ccc(Nc2ccnc(-c3cccnc3)n2)cc1Cl. The first-order chi connectivity index (χ1) is 11.1. The van der Waals surface area contributed by atoms with Gasteiger partial charge in [0.15, 0.2) is 5.82 Å². The van der Waals surface area contributed by atoms with Gasteiger partial charge in [0.05, 0.1) is 10.6 Å². The molecule has 0 saturated carbocycles. The number of benzene rings is 1. The number of hydrogen-bond donors (Lipinski definition) is 2. The van der Waals surface area contributed by atoms with E-state index in [0.29, 0.717) is 17.3 Å². The Bertz CT molecular complexity index is 856. The fourth-order valence-electron chi connectivity index (χ4n) is 1.98. The van der Waals surface area contributed by atoms with Crippen LogP contribution in [0.4, 0.5) is 11.5 Å². The van der Waals surface area contributed by atoms with Crippen molar-refractivity contribution in [1.29, 1.82) is 0 Å². The molecule has 114 valence electrons. The Morgan fingerprint density at radius 1 is 1.17 bits per heavy atom. The van der Waals surface area contributed by atoms with Gasteiger partial charge in [-0.15, -0.1) is 0 Å². The van der Waals surface area contributed by atoms with Gasteiger partial charge in [-0.3, -0.25) is 4.98 Å². The van der Waals surface area contributed by atoms with E-state index in [1.165, 1.54) is 12.1 Å². The van der Waals surface area contributed by atoms with Crippen molar-refractivity contribution < 1.29 is 9.90 Å². The second kappa shape index (κ2) is 6.41. The number of carbonyl (C=O) groups is 1. The molecule has 2 aromatic heterocycles.